The van der Waals surface area contributed by atoms with Crippen LogP contribution in [-0.2, 0) is 9.59 Å². The third kappa shape index (κ3) is 3.85. The molecule has 2 heterocycles. The van der Waals surface area contributed by atoms with E-state index in [-0.39, 0.29) is 23.1 Å². The van der Waals surface area contributed by atoms with Crippen molar-refractivity contribution in [2.45, 2.75) is 53.4 Å². The number of hydrogen-bond donors (Lipinski definition) is 1. The summed E-state index contributed by atoms with van der Waals surface area (Å²) in [7, 11) is 0. The molecule has 4 nitrogen and oxygen atoms in total. The fourth-order valence-corrected chi connectivity index (χ4v) is 4.04. The molecule has 0 aromatic carbocycles. The molecular formula is C17H30N2O2. The van der Waals surface area contributed by atoms with E-state index < -0.39 is 0 Å². The Morgan fingerprint density at radius 1 is 1.14 bits per heavy atom. The van der Waals surface area contributed by atoms with Gasteiger partial charge >= 0.3 is 0 Å². The summed E-state index contributed by atoms with van der Waals surface area (Å²) < 4.78 is 0. The molecule has 1 N–H and O–H groups in total. The molecule has 0 bridgehead atoms. The van der Waals surface area contributed by atoms with Gasteiger partial charge < -0.3 is 4.90 Å². The summed E-state index contributed by atoms with van der Waals surface area (Å²) in [6, 6.07) is 0. The number of likely N-dealkylation sites (tertiary alicyclic amines) is 1. The van der Waals surface area contributed by atoms with Crippen molar-refractivity contribution in [2.24, 2.45) is 23.2 Å². The highest BCUT2D eigenvalue weighted by molar-refractivity contribution is 5.99. The Labute approximate surface area is 128 Å². The van der Waals surface area contributed by atoms with Crippen molar-refractivity contribution in [3.63, 3.8) is 0 Å². The Bertz CT molecular complexity index is 396. The topological polar surface area (TPSA) is 49.4 Å². The quantitative estimate of drug-likeness (QED) is 0.810. The molecular weight excluding hydrogens is 264 g/mol. The van der Waals surface area contributed by atoms with Crippen LogP contribution < -0.4 is 5.32 Å². The highest BCUT2D eigenvalue weighted by atomic mass is 16.2. The van der Waals surface area contributed by atoms with E-state index in [1.54, 1.807) is 0 Å². The van der Waals surface area contributed by atoms with Gasteiger partial charge in [0.05, 0.1) is 0 Å². The Hall–Kier alpha value is -0.900. The smallest absolute Gasteiger partial charge is 0.230 e. The first-order valence-electron chi connectivity index (χ1n) is 8.38. The van der Waals surface area contributed by atoms with E-state index in [0.29, 0.717) is 18.3 Å². The first-order valence-corrected chi connectivity index (χ1v) is 8.38. The Balaban J connectivity index is 2.10. The zero-order valence-electron chi connectivity index (χ0n) is 13.9. The van der Waals surface area contributed by atoms with E-state index in [0.717, 1.165) is 38.9 Å². The normalized spacial score (nSPS) is 26.7. The van der Waals surface area contributed by atoms with E-state index in [4.69, 9.17) is 0 Å². The van der Waals surface area contributed by atoms with Crippen LogP contribution in [0.4, 0.5) is 0 Å². The predicted octanol–water partition coefficient (Wildman–Crippen LogP) is 2.43. The van der Waals surface area contributed by atoms with E-state index in [2.05, 4.69) is 37.9 Å². The van der Waals surface area contributed by atoms with Gasteiger partial charge in [-0.2, -0.15) is 0 Å². The third-order valence-corrected chi connectivity index (χ3v) is 5.01. The Morgan fingerprint density at radius 3 is 2.29 bits per heavy atom. The third-order valence-electron chi connectivity index (χ3n) is 5.01. The second-order valence-corrected chi connectivity index (χ2v) is 7.83. The number of nitrogens with zero attached hydrogens (tertiary/aromatic N) is 1. The lowest BCUT2D eigenvalue weighted by Crippen LogP contribution is -2.56. The van der Waals surface area contributed by atoms with Gasteiger partial charge in [0.15, 0.2) is 0 Å². The zero-order chi connectivity index (χ0) is 15.6. The summed E-state index contributed by atoms with van der Waals surface area (Å²) >= 11 is 0. The molecule has 4 heteroatoms. The van der Waals surface area contributed by atoms with Gasteiger partial charge in [-0.05, 0) is 49.6 Å². The van der Waals surface area contributed by atoms with Gasteiger partial charge in [-0.1, -0.05) is 27.7 Å². The number of nitrogens with one attached hydrogen (secondary N) is 1. The highest BCUT2D eigenvalue weighted by Gasteiger charge is 2.49. The molecule has 1 unspecified atom stereocenters. The van der Waals surface area contributed by atoms with E-state index in [9.17, 15) is 9.59 Å². The zero-order valence-corrected chi connectivity index (χ0v) is 13.9. The van der Waals surface area contributed by atoms with Crippen molar-refractivity contribution in [1.82, 2.24) is 10.2 Å². The second-order valence-electron chi connectivity index (χ2n) is 7.83. The molecule has 2 fully saturated rings. The fraction of sp³-hybridized carbons (Fsp3) is 0.882. The van der Waals surface area contributed by atoms with Crippen molar-refractivity contribution in [2.75, 3.05) is 19.6 Å². The van der Waals surface area contributed by atoms with Gasteiger partial charge in [-0.3, -0.25) is 14.9 Å². The summed E-state index contributed by atoms with van der Waals surface area (Å²) in [5, 5.41) is 2.56. The maximum Gasteiger partial charge on any atom is 0.230 e. The van der Waals surface area contributed by atoms with Gasteiger partial charge in [0.2, 0.25) is 11.8 Å². The number of rotatable bonds is 4. The summed E-state index contributed by atoms with van der Waals surface area (Å²) in [5.74, 6) is 1.06. The molecule has 0 aromatic rings. The van der Waals surface area contributed by atoms with Crippen molar-refractivity contribution < 1.29 is 9.59 Å². The van der Waals surface area contributed by atoms with E-state index >= 15 is 0 Å². The Morgan fingerprint density at radius 2 is 1.76 bits per heavy atom. The second kappa shape index (κ2) is 6.47. The summed E-state index contributed by atoms with van der Waals surface area (Å²) in [6.45, 7) is 12.0. The van der Waals surface area contributed by atoms with Crippen molar-refractivity contribution in [1.29, 1.82) is 0 Å². The van der Waals surface area contributed by atoms with Gasteiger partial charge in [0.1, 0.15) is 0 Å². The van der Waals surface area contributed by atoms with Crippen molar-refractivity contribution >= 4 is 11.8 Å². The lowest BCUT2D eigenvalue weighted by atomic mass is 9.62. The van der Waals surface area contributed by atoms with Crippen LogP contribution in [0.1, 0.15) is 53.4 Å². The van der Waals surface area contributed by atoms with Crippen molar-refractivity contribution in [3.8, 4) is 0 Å². The molecule has 0 radical (unpaired) electrons. The lowest BCUT2D eigenvalue weighted by Gasteiger charge is -2.48. The molecule has 2 saturated heterocycles. The highest BCUT2D eigenvalue weighted by Crippen LogP contribution is 2.46. The predicted molar refractivity (Wildman–Crippen MR) is 83.7 cm³/mol. The SMILES string of the molecule is CC(C)CC1C(=O)NC(=O)CC12CCN(CC(C)C)CC2. The maximum absolute atomic E-state index is 12.3. The molecule has 120 valence electrons. The van der Waals surface area contributed by atoms with Crippen LogP contribution in [0.25, 0.3) is 0 Å². The van der Waals surface area contributed by atoms with Crippen LogP contribution in [0.5, 0.6) is 0 Å². The number of imide groups is 1. The van der Waals surface area contributed by atoms with Gasteiger partial charge in [0.25, 0.3) is 0 Å². The molecule has 2 aliphatic heterocycles. The van der Waals surface area contributed by atoms with Crippen LogP contribution in [-0.4, -0.2) is 36.3 Å². The van der Waals surface area contributed by atoms with E-state index in [1.807, 2.05) is 0 Å². The fourth-order valence-electron chi connectivity index (χ4n) is 4.04. The number of piperidine rings is 2. The van der Waals surface area contributed by atoms with Crippen LogP contribution in [0.3, 0.4) is 0 Å². The number of hydrogen-bond acceptors (Lipinski definition) is 3. The minimum absolute atomic E-state index is 0.0106. The minimum atomic E-state index is -0.0861. The number of amides is 2. The van der Waals surface area contributed by atoms with Crippen LogP contribution >= 0.6 is 0 Å². The first kappa shape index (κ1) is 16.5. The number of carbonyl (C=O) groups is 2. The molecule has 1 spiro atoms. The van der Waals surface area contributed by atoms with Crippen LogP contribution in [0.15, 0.2) is 0 Å². The summed E-state index contributed by atoms with van der Waals surface area (Å²) in [5.41, 5.74) is -0.0861. The molecule has 1 atom stereocenters. The van der Waals surface area contributed by atoms with Crippen molar-refractivity contribution in [3.05, 3.63) is 0 Å². The van der Waals surface area contributed by atoms with Gasteiger partial charge in [-0.25, -0.2) is 0 Å². The van der Waals surface area contributed by atoms with Gasteiger partial charge in [-0.15, -0.1) is 0 Å². The summed E-state index contributed by atoms with van der Waals surface area (Å²) in [6.07, 6.45) is 3.39. The molecule has 0 saturated carbocycles. The van der Waals surface area contributed by atoms with E-state index in [1.165, 1.54) is 0 Å². The van der Waals surface area contributed by atoms with Gasteiger partial charge in [0, 0.05) is 18.9 Å². The monoisotopic (exact) mass is 294 g/mol. The standard InChI is InChI=1S/C17H30N2O2/c1-12(2)9-14-16(21)18-15(20)10-17(14)5-7-19(8-6-17)11-13(3)4/h12-14H,5-11H2,1-4H3,(H,18,20,21). The first-order chi connectivity index (χ1) is 9.82. The molecule has 2 aliphatic rings. The largest absolute Gasteiger partial charge is 0.303 e. The average molecular weight is 294 g/mol. The maximum atomic E-state index is 12.3. The molecule has 2 amide bonds. The Kier molecular flexibility index (Phi) is 5.07. The molecule has 0 aliphatic carbocycles. The number of carbonyl (C=O) groups excluding carboxylic acids is 2. The van der Waals surface area contributed by atoms with Crippen LogP contribution in [0.2, 0.25) is 0 Å². The minimum Gasteiger partial charge on any atom is -0.303 e. The average Bonchev–Trinajstić information content (AvgIpc) is 2.36. The lowest BCUT2D eigenvalue weighted by molar-refractivity contribution is -0.147. The molecule has 0 aromatic heterocycles. The molecule has 2 rings (SSSR count). The van der Waals surface area contributed by atoms with Crippen LogP contribution in [0, 0.1) is 23.2 Å². The molecule has 21 heavy (non-hydrogen) atoms. The summed E-state index contributed by atoms with van der Waals surface area (Å²) in [4.78, 5) is 26.7.